The predicted molar refractivity (Wildman–Crippen MR) is 62.9 cm³/mol. The number of ether oxygens (including phenoxy) is 1. The number of carbonyl (C=O) groups excluding carboxylic acids is 2. The van der Waals surface area contributed by atoms with E-state index in [1.54, 1.807) is 20.0 Å². The number of carbonyl (C=O) groups is 2. The molecule has 0 aliphatic rings. The van der Waals surface area contributed by atoms with Crippen LogP contribution in [-0.4, -0.2) is 46.0 Å². The SMILES string of the molecule is COC(=O)C(NC(=O)c1cc(C)nn1C)C(C)O. The molecule has 0 fully saturated rings. The lowest BCUT2D eigenvalue weighted by molar-refractivity contribution is -0.145. The number of aryl methyl sites for hydroxylation is 2. The van der Waals surface area contributed by atoms with Gasteiger partial charge in [-0.25, -0.2) is 4.79 Å². The van der Waals surface area contributed by atoms with Crippen molar-refractivity contribution in [3.05, 3.63) is 17.5 Å². The Bertz CT molecular complexity index is 453. The Balaban J connectivity index is 2.85. The maximum absolute atomic E-state index is 11.9. The quantitative estimate of drug-likeness (QED) is 0.699. The Morgan fingerprint density at radius 1 is 1.56 bits per heavy atom. The van der Waals surface area contributed by atoms with E-state index in [9.17, 15) is 14.7 Å². The average molecular weight is 255 g/mol. The number of aliphatic hydroxyl groups excluding tert-OH is 1. The molecular formula is C11H17N3O4. The molecule has 18 heavy (non-hydrogen) atoms. The highest BCUT2D eigenvalue weighted by molar-refractivity contribution is 5.95. The monoisotopic (exact) mass is 255 g/mol. The van der Waals surface area contributed by atoms with Gasteiger partial charge in [-0.3, -0.25) is 9.48 Å². The third-order valence-corrected chi connectivity index (χ3v) is 2.46. The van der Waals surface area contributed by atoms with Crippen LogP contribution in [0, 0.1) is 6.92 Å². The highest BCUT2D eigenvalue weighted by Gasteiger charge is 2.27. The molecule has 0 spiro atoms. The molecule has 7 nitrogen and oxygen atoms in total. The van der Waals surface area contributed by atoms with E-state index in [2.05, 4.69) is 15.2 Å². The third kappa shape index (κ3) is 3.07. The maximum atomic E-state index is 11.9. The summed E-state index contributed by atoms with van der Waals surface area (Å²) in [5, 5.41) is 15.9. The first-order chi connectivity index (χ1) is 8.36. The van der Waals surface area contributed by atoms with E-state index in [-0.39, 0.29) is 0 Å². The second-order valence-corrected chi connectivity index (χ2v) is 4.01. The van der Waals surface area contributed by atoms with E-state index >= 15 is 0 Å². The number of nitrogens with zero attached hydrogens (tertiary/aromatic N) is 2. The van der Waals surface area contributed by atoms with Crippen molar-refractivity contribution >= 4 is 11.9 Å². The van der Waals surface area contributed by atoms with Crippen molar-refractivity contribution < 1.29 is 19.4 Å². The van der Waals surface area contributed by atoms with Crippen LogP contribution in [0.25, 0.3) is 0 Å². The summed E-state index contributed by atoms with van der Waals surface area (Å²) >= 11 is 0. The van der Waals surface area contributed by atoms with E-state index in [1.807, 2.05) is 0 Å². The van der Waals surface area contributed by atoms with E-state index in [1.165, 1.54) is 18.7 Å². The maximum Gasteiger partial charge on any atom is 0.331 e. The first-order valence-corrected chi connectivity index (χ1v) is 5.44. The van der Waals surface area contributed by atoms with Gasteiger partial charge in [0.05, 0.1) is 18.9 Å². The molecule has 1 aromatic heterocycles. The van der Waals surface area contributed by atoms with Gasteiger partial charge in [0.25, 0.3) is 5.91 Å². The van der Waals surface area contributed by atoms with E-state index in [4.69, 9.17) is 0 Å². The largest absolute Gasteiger partial charge is 0.467 e. The van der Waals surface area contributed by atoms with Gasteiger partial charge in [0.2, 0.25) is 0 Å². The van der Waals surface area contributed by atoms with Crippen LogP contribution in [0.5, 0.6) is 0 Å². The molecule has 0 bridgehead atoms. The Labute approximate surface area is 105 Å². The second-order valence-electron chi connectivity index (χ2n) is 4.01. The summed E-state index contributed by atoms with van der Waals surface area (Å²) in [4.78, 5) is 23.3. The topological polar surface area (TPSA) is 93.5 Å². The van der Waals surface area contributed by atoms with Gasteiger partial charge in [-0.2, -0.15) is 5.10 Å². The van der Waals surface area contributed by atoms with Crippen molar-refractivity contribution in [3.8, 4) is 0 Å². The first-order valence-electron chi connectivity index (χ1n) is 5.44. The molecule has 2 unspecified atom stereocenters. The molecule has 0 radical (unpaired) electrons. The number of amides is 1. The number of nitrogens with one attached hydrogen (secondary N) is 1. The summed E-state index contributed by atoms with van der Waals surface area (Å²) in [5.41, 5.74) is 0.997. The van der Waals surface area contributed by atoms with Crippen molar-refractivity contribution in [1.29, 1.82) is 0 Å². The number of hydrogen-bond donors (Lipinski definition) is 2. The molecule has 1 rings (SSSR count). The minimum absolute atomic E-state index is 0.307. The smallest absolute Gasteiger partial charge is 0.331 e. The molecule has 0 aliphatic heterocycles. The predicted octanol–water partition coefficient (Wildman–Crippen LogP) is -0.619. The molecule has 100 valence electrons. The summed E-state index contributed by atoms with van der Waals surface area (Å²) in [7, 11) is 2.82. The number of hydrogen-bond acceptors (Lipinski definition) is 5. The second kappa shape index (κ2) is 5.63. The summed E-state index contributed by atoms with van der Waals surface area (Å²) < 4.78 is 5.91. The molecule has 2 N–H and O–H groups in total. The molecule has 1 aromatic rings. The average Bonchev–Trinajstić information content (AvgIpc) is 2.63. The van der Waals surface area contributed by atoms with E-state index in [0.717, 1.165) is 0 Å². The van der Waals surface area contributed by atoms with Gasteiger partial charge >= 0.3 is 5.97 Å². The number of esters is 1. The molecule has 0 aliphatic carbocycles. The zero-order valence-electron chi connectivity index (χ0n) is 10.8. The van der Waals surface area contributed by atoms with Crippen molar-refractivity contribution in [1.82, 2.24) is 15.1 Å². The normalized spacial score (nSPS) is 13.8. The summed E-state index contributed by atoms with van der Waals surface area (Å²) in [6.07, 6.45) is -1.05. The summed E-state index contributed by atoms with van der Waals surface area (Å²) in [6.45, 7) is 3.15. The standard InChI is InChI=1S/C11H17N3O4/c1-6-5-8(14(3)13-6)10(16)12-9(7(2)15)11(17)18-4/h5,7,9,15H,1-4H3,(H,12,16). The zero-order valence-corrected chi connectivity index (χ0v) is 10.8. The van der Waals surface area contributed by atoms with Crippen LogP contribution in [0.2, 0.25) is 0 Å². The fourth-order valence-electron chi connectivity index (χ4n) is 1.54. The lowest BCUT2D eigenvalue weighted by atomic mass is 10.2. The van der Waals surface area contributed by atoms with E-state index < -0.39 is 24.0 Å². The molecule has 0 saturated heterocycles. The van der Waals surface area contributed by atoms with Gasteiger partial charge in [-0.05, 0) is 19.9 Å². The molecule has 1 heterocycles. The lowest BCUT2D eigenvalue weighted by Crippen LogP contribution is -2.48. The molecule has 7 heteroatoms. The van der Waals surface area contributed by atoms with Gasteiger partial charge < -0.3 is 15.2 Å². The van der Waals surface area contributed by atoms with Crippen molar-refractivity contribution in [2.24, 2.45) is 7.05 Å². The zero-order chi connectivity index (χ0) is 13.9. The highest BCUT2D eigenvalue weighted by atomic mass is 16.5. The summed E-state index contributed by atoms with van der Waals surface area (Å²) in [6, 6.07) is 0.490. The van der Waals surface area contributed by atoms with Gasteiger partial charge in [0.15, 0.2) is 6.04 Å². The highest BCUT2D eigenvalue weighted by Crippen LogP contribution is 2.04. The Morgan fingerprint density at radius 2 is 2.17 bits per heavy atom. The minimum Gasteiger partial charge on any atom is -0.467 e. The number of aliphatic hydroxyl groups is 1. The minimum atomic E-state index is -1.10. The lowest BCUT2D eigenvalue weighted by Gasteiger charge is -2.18. The molecule has 2 atom stereocenters. The van der Waals surface area contributed by atoms with Crippen molar-refractivity contribution in [3.63, 3.8) is 0 Å². The van der Waals surface area contributed by atoms with Gasteiger partial charge in [-0.1, -0.05) is 0 Å². The molecule has 0 saturated carbocycles. The van der Waals surface area contributed by atoms with Crippen LogP contribution in [-0.2, 0) is 16.6 Å². The van der Waals surface area contributed by atoms with Crippen LogP contribution in [0.1, 0.15) is 23.1 Å². The first kappa shape index (κ1) is 14.2. The third-order valence-electron chi connectivity index (χ3n) is 2.46. The Kier molecular flexibility index (Phi) is 4.43. The van der Waals surface area contributed by atoms with Crippen LogP contribution in [0.15, 0.2) is 6.07 Å². The number of rotatable bonds is 4. The fourth-order valence-corrected chi connectivity index (χ4v) is 1.54. The number of methoxy groups -OCH3 is 1. The number of aromatic nitrogens is 2. The fraction of sp³-hybridized carbons (Fsp3) is 0.545. The molecule has 1 amide bonds. The van der Waals surface area contributed by atoms with Crippen molar-refractivity contribution in [2.75, 3.05) is 7.11 Å². The Hall–Kier alpha value is -1.89. The summed E-state index contributed by atoms with van der Waals surface area (Å²) in [5.74, 6) is -1.19. The van der Waals surface area contributed by atoms with Crippen LogP contribution >= 0.6 is 0 Å². The molecule has 0 aromatic carbocycles. The van der Waals surface area contributed by atoms with Crippen molar-refractivity contribution in [2.45, 2.75) is 26.0 Å². The van der Waals surface area contributed by atoms with Gasteiger partial charge in [0, 0.05) is 7.05 Å². The van der Waals surface area contributed by atoms with Crippen LogP contribution < -0.4 is 5.32 Å². The van der Waals surface area contributed by atoms with Crippen LogP contribution in [0.4, 0.5) is 0 Å². The van der Waals surface area contributed by atoms with E-state index in [0.29, 0.717) is 11.4 Å². The van der Waals surface area contributed by atoms with Gasteiger partial charge in [0.1, 0.15) is 5.69 Å². The van der Waals surface area contributed by atoms with Crippen LogP contribution in [0.3, 0.4) is 0 Å². The molecular weight excluding hydrogens is 238 g/mol. The van der Waals surface area contributed by atoms with Gasteiger partial charge in [-0.15, -0.1) is 0 Å². The Morgan fingerprint density at radius 3 is 2.56 bits per heavy atom.